The normalized spacial score (nSPS) is 11.7. The number of nitrogens with zero attached hydrogens (tertiary/aromatic N) is 1. The van der Waals surface area contributed by atoms with Crippen LogP contribution in [0.15, 0.2) is 23.0 Å². The van der Waals surface area contributed by atoms with Crippen LogP contribution in [0.1, 0.15) is 11.4 Å². The van der Waals surface area contributed by atoms with E-state index in [4.69, 9.17) is 11.6 Å². The van der Waals surface area contributed by atoms with Crippen LogP contribution in [0.25, 0.3) is 11.3 Å². The van der Waals surface area contributed by atoms with Crippen molar-refractivity contribution in [3.05, 3.63) is 50.8 Å². The van der Waals surface area contributed by atoms with Gasteiger partial charge in [0.25, 0.3) is 5.56 Å². The van der Waals surface area contributed by atoms with E-state index in [1.165, 1.54) is 6.92 Å². The maximum atomic E-state index is 13.0. The van der Waals surface area contributed by atoms with E-state index in [0.29, 0.717) is 6.07 Å². The molecule has 2 rings (SSSR count). The summed E-state index contributed by atoms with van der Waals surface area (Å²) < 4.78 is 51.8. The smallest absolute Gasteiger partial charge is 0.309 e. The minimum absolute atomic E-state index is 0.104. The maximum absolute atomic E-state index is 13.0. The molecule has 2 aromatic rings. The number of benzene rings is 1. The molecule has 0 spiro atoms. The molecule has 0 unspecified atom stereocenters. The number of H-pyrrole nitrogens is 1. The summed E-state index contributed by atoms with van der Waals surface area (Å²) in [6.45, 7) is 1.40. The summed E-state index contributed by atoms with van der Waals surface area (Å²) in [7, 11) is 0. The number of aromatic amines is 1. The average Bonchev–Trinajstić information content (AvgIpc) is 2.33. The Kier molecular flexibility index (Phi) is 3.56. The molecular weight excluding hydrogens is 300 g/mol. The number of hydrogen-bond donors (Lipinski definition) is 1. The molecule has 1 aromatic carbocycles. The van der Waals surface area contributed by atoms with Crippen molar-refractivity contribution in [2.45, 2.75) is 13.1 Å². The standard InChI is InChI=1S/C12H7ClF4N2O/c1-5-18-10(9(13)11(20)19-5)7-3-2-6(14)4-8(7)12(15,16)17/h2-4H,1H3,(H,18,19,20). The third-order valence-corrected chi connectivity index (χ3v) is 2.87. The monoisotopic (exact) mass is 306 g/mol. The summed E-state index contributed by atoms with van der Waals surface area (Å²) in [5.41, 5.74) is -2.78. The van der Waals surface area contributed by atoms with Crippen molar-refractivity contribution in [1.82, 2.24) is 9.97 Å². The molecule has 0 bridgehead atoms. The van der Waals surface area contributed by atoms with Gasteiger partial charge in [0.15, 0.2) is 0 Å². The van der Waals surface area contributed by atoms with E-state index in [1.807, 2.05) is 0 Å². The lowest BCUT2D eigenvalue weighted by molar-refractivity contribution is -0.137. The van der Waals surface area contributed by atoms with E-state index in [1.54, 1.807) is 0 Å². The second-order valence-corrected chi connectivity index (χ2v) is 4.38. The lowest BCUT2D eigenvalue weighted by Gasteiger charge is -2.13. The van der Waals surface area contributed by atoms with Gasteiger partial charge in [-0.1, -0.05) is 11.6 Å². The van der Waals surface area contributed by atoms with Gasteiger partial charge in [0.1, 0.15) is 16.7 Å². The lowest BCUT2D eigenvalue weighted by atomic mass is 10.0. The number of halogens is 5. The first kappa shape index (κ1) is 14.5. The van der Waals surface area contributed by atoms with Crippen LogP contribution >= 0.6 is 11.6 Å². The topological polar surface area (TPSA) is 45.8 Å². The number of alkyl halides is 3. The molecule has 0 fully saturated rings. The molecule has 0 aliphatic heterocycles. The largest absolute Gasteiger partial charge is 0.417 e. The number of aryl methyl sites for hydroxylation is 1. The van der Waals surface area contributed by atoms with Crippen LogP contribution in [0.4, 0.5) is 17.6 Å². The fourth-order valence-electron chi connectivity index (χ4n) is 1.71. The van der Waals surface area contributed by atoms with Gasteiger partial charge < -0.3 is 4.98 Å². The minimum atomic E-state index is -4.79. The second-order valence-electron chi connectivity index (χ2n) is 4.00. The van der Waals surface area contributed by atoms with Crippen molar-refractivity contribution in [2.24, 2.45) is 0 Å². The molecule has 0 aliphatic carbocycles. The fourth-order valence-corrected chi connectivity index (χ4v) is 1.90. The third-order valence-electron chi connectivity index (χ3n) is 2.52. The SMILES string of the molecule is Cc1nc(-c2ccc(F)cc2C(F)(F)F)c(Cl)c(=O)[nH]1. The van der Waals surface area contributed by atoms with Crippen molar-refractivity contribution in [2.75, 3.05) is 0 Å². The summed E-state index contributed by atoms with van der Waals surface area (Å²) in [4.78, 5) is 17.5. The fraction of sp³-hybridized carbons (Fsp3) is 0.167. The Hall–Kier alpha value is -1.89. The van der Waals surface area contributed by atoms with Crippen molar-refractivity contribution in [3.8, 4) is 11.3 Å². The molecule has 1 N–H and O–H groups in total. The van der Waals surface area contributed by atoms with Crippen LogP contribution in [0.2, 0.25) is 5.02 Å². The molecular formula is C12H7ClF4N2O. The molecule has 0 saturated carbocycles. The highest BCUT2D eigenvalue weighted by atomic mass is 35.5. The van der Waals surface area contributed by atoms with Crippen LogP contribution in [-0.4, -0.2) is 9.97 Å². The molecule has 0 atom stereocenters. The van der Waals surface area contributed by atoms with Crippen LogP contribution in [-0.2, 0) is 6.18 Å². The molecule has 1 heterocycles. The number of nitrogens with one attached hydrogen (secondary N) is 1. The number of hydrogen-bond acceptors (Lipinski definition) is 2. The van der Waals surface area contributed by atoms with E-state index in [2.05, 4.69) is 9.97 Å². The van der Waals surface area contributed by atoms with Crippen LogP contribution in [0.3, 0.4) is 0 Å². The van der Waals surface area contributed by atoms with Crippen molar-refractivity contribution in [1.29, 1.82) is 0 Å². The van der Waals surface area contributed by atoms with E-state index < -0.39 is 33.7 Å². The van der Waals surface area contributed by atoms with Gasteiger partial charge in [-0.15, -0.1) is 0 Å². The van der Waals surface area contributed by atoms with Gasteiger partial charge in [-0.2, -0.15) is 13.2 Å². The molecule has 1 aromatic heterocycles. The number of rotatable bonds is 1. The van der Waals surface area contributed by atoms with E-state index >= 15 is 0 Å². The highest BCUT2D eigenvalue weighted by Gasteiger charge is 2.35. The summed E-state index contributed by atoms with van der Waals surface area (Å²) in [6.07, 6.45) is -4.79. The lowest BCUT2D eigenvalue weighted by Crippen LogP contribution is -2.14. The second kappa shape index (κ2) is 4.90. The molecule has 3 nitrogen and oxygen atoms in total. The quantitative estimate of drug-likeness (QED) is 0.819. The zero-order valence-electron chi connectivity index (χ0n) is 9.98. The first-order chi connectivity index (χ1) is 9.20. The minimum Gasteiger partial charge on any atom is -0.309 e. The van der Waals surface area contributed by atoms with Gasteiger partial charge in [0, 0.05) is 5.56 Å². The third kappa shape index (κ3) is 2.67. The zero-order valence-corrected chi connectivity index (χ0v) is 10.7. The Morgan fingerprint density at radius 2 is 1.95 bits per heavy atom. The molecule has 0 amide bonds. The van der Waals surface area contributed by atoms with Crippen molar-refractivity contribution in [3.63, 3.8) is 0 Å². The van der Waals surface area contributed by atoms with Gasteiger partial charge in [-0.25, -0.2) is 9.37 Å². The van der Waals surface area contributed by atoms with Gasteiger partial charge in [-0.3, -0.25) is 4.79 Å². The summed E-state index contributed by atoms with van der Waals surface area (Å²) >= 11 is 5.69. The molecule has 8 heteroatoms. The van der Waals surface area contributed by atoms with Crippen molar-refractivity contribution >= 4 is 11.6 Å². The Morgan fingerprint density at radius 1 is 1.30 bits per heavy atom. The Bertz CT molecular complexity index is 724. The van der Waals surface area contributed by atoms with Crippen LogP contribution in [0.5, 0.6) is 0 Å². The van der Waals surface area contributed by atoms with E-state index in [0.717, 1.165) is 12.1 Å². The Morgan fingerprint density at radius 3 is 2.55 bits per heavy atom. The van der Waals surface area contributed by atoms with Gasteiger partial charge in [0.2, 0.25) is 0 Å². The molecule has 0 saturated heterocycles. The van der Waals surface area contributed by atoms with Gasteiger partial charge >= 0.3 is 6.18 Å². The molecule has 20 heavy (non-hydrogen) atoms. The Balaban J connectivity index is 2.80. The molecule has 0 radical (unpaired) electrons. The highest BCUT2D eigenvalue weighted by molar-refractivity contribution is 6.32. The van der Waals surface area contributed by atoms with Gasteiger partial charge in [-0.05, 0) is 25.1 Å². The van der Waals surface area contributed by atoms with Crippen LogP contribution < -0.4 is 5.56 Å². The summed E-state index contributed by atoms with van der Waals surface area (Å²) in [5, 5.41) is -0.479. The zero-order chi connectivity index (χ0) is 15.1. The first-order valence-corrected chi connectivity index (χ1v) is 5.71. The number of aromatic nitrogens is 2. The average molecular weight is 307 g/mol. The first-order valence-electron chi connectivity index (χ1n) is 5.33. The predicted molar refractivity (Wildman–Crippen MR) is 65.0 cm³/mol. The Labute approximate surface area is 115 Å². The summed E-state index contributed by atoms with van der Waals surface area (Å²) in [6, 6.07) is 2.08. The highest BCUT2D eigenvalue weighted by Crippen LogP contribution is 2.38. The maximum Gasteiger partial charge on any atom is 0.417 e. The molecule has 106 valence electrons. The molecule has 0 aliphatic rings. The van der Waals surface area contributed by atoms with E-state index in [-0.39, 0.29) is 11.5 Å². The summed E-state index contributed by atoms with van der Waals surface area (Å²) in [5.74, 6) is -0.939. The predicted octanol–water partition coefficient (Wildman–Crippen LogP) is 3.56. The van der Waals surface area contributed by atoms with Crippen molar-refractivity contribution < 1.29 is 17.6 Å². The van der Waals surface area contributed by atoms with Gasteiger partial charge in [0.05, 0.1) is 11.3 Å². The van der Waals surface area contributed by atoms with E-state index in [9.17, 15) is 22.4 Å². The van der Waals surface area contributed by atoms with Crippen LogP contribution in [0, 0.1) is 12.7 Å².